The van der Waals surface area contributed by atoms with E-state index >= 15 is 0 Å². The van der Waals surface area contributed by atoms with Gasteiger partial charge in [-0.1, -0.05) is 30.3 Å². The minimum absolute atomic E-state index is 0.139. The molecule has 4 aromatic rings. The monoisotopic (exact) mass is 295 g/mol. The number of nitrogens with one attached hydrogen (secondary N) is 2. The van der Waals surface area contributed by atoms with Crippen LogP contribution in [0.25, 0.3) is 33.1 Å². The zero-order chi connectivity index (χ0) is 14.4. The highest BCUT2D eigenvalue weighted by Gasteiger charge is 2.13. The Balaban J connectivity index is 2.10. The number of nitrogens with zero attached hydrogens (tertiary/aromatic N) is 1. The Morgan fingerprint density at radius 3 is 2.76 bits per heavy atom. The first-order valence-electron chi connectivity index (χ1n) is 6.33. The van der Waals surface area contributed by atoms with Crippen LogP contribution >= 0.6 is 12.2 Å². The van der Waals surface area contributed by atoms with E-state index in [1.807, 2.05) is 30.3 Å². The molecular formula is C15H9N3O2S. The normalized spacial score (nSPS) is 11.2. The summed E-state index contributed by atoms with van der Waals surface area (Å²) in [5.41, 5.74) is 1.01. The van der Waals surface area contributed by atoms with E-state index in [4.69, 9.17) is 16.6 Å². The third kappa shape index (κ3) is 1.80. The summed E-state index contributed by atoms with van der Waals surface area (Å²) in [4.78, 5) is 15.9. The number of fused-ring (bicyclic) bond motifs is 3. The summed E-state index contributed by atoms with van der Waals surface area (Å²) in [6.07, 6.45) is 1.60. The Labute approximate surface area is 123 Å². The largest absolute Gasteiger partial charge is 0.409 e. The van der Waals surface area contributed by atoms with Crippen molar-refractivity contribution < 1.29 is 4.42 Å². The van der Waals surface area contributed by atoms with Gasteiger partial charge in [-0.05, 0) is 23.7 Å². The molecule has 0 bridgehead atoms. The van der Waals surface area contributed by atoms with Gasteiger partial charge in [-0.2, -0.15) is 0 Å². The number of hydrogen-bond acceptors (Lipinski definition) is 4. The molecule has 0 saturated carbocycles. The lowest BCUT2D eigenvalue weighted by atomic mass is 10.0. The first-order chi connectivity index (χ1) is 10.2. The average molecular weight is 295 g/mol. The maximum atomic E-state index is 12.6. The molecule has 21 heavy (non-hydrogen) atoms. The second-order valence-corrected chi connectivity index (χ2v) is 5.03. The van der Waals surface area contributed by atoms with E-state index in [1.54, 1.807) is 12.3 Å². The van der Waals surface area contributed by atoms with Crippen LogP contribution in [0.1, 0.15) is 0 Å². The lowest BCUT2D eigenvalue weighted by molar-refractivity contribution is 0.551. The van der Waals surface area contributed by atoms with Crippen LogP contribution in [0.4, 0.5) is 0 Å². The van der Waals surface area contributed by atoms with Gasteiger partial charge in [0.25, 0.3) is 10.7 Å². The van der Waals surface area contributed by atoms with Crippen molar-refractivity contribution in [1.82, 2.24) is 15.2 Å². The molecule has 0 saturated heterocycles. The number of H-pyrrole nitrogens is 2. The maximum absolute atomic E-state index is 12.6. The van der Waals surface area contributed by atoms with Crippen molar-refractivity contribution in [3.63, 3.8) is 0 Å². The lowest BCUT2D eigenvalue weighted by Crippen LogP contribution is -2.06. The number of benzene rings is 2. The molecule has 4 rings (SSSR count). The van der Waals surface area contributed by atoms with Crippen LogP contribution in [0.15, 0.2) is 51.8 Å². The fraction of sp³-hybridized carbons (Fsp3) is 0. The van der Waals surface area contributed by atoms with Crippen LogP contribution in [-0.4, -0.2) is 15.2 Å². The molecule has 0 fully saturated rings. The predicted molar refractivity (Wildman–Crippen MR) is 82.8 cm³/mol. The van der Waals surface area contributed by atoms with Gasteiger partial charge in [0.15, 0.2) is 0 Å². The van der Waals surface area contributed by atoms with E-state index in [-0.39, 0.29) is 16.2 Å². The van der Waals surface area contributed by atoms with Crippen LogP contribution in [0.5, 0.6) is 0 Å². The van der Waals surface area contributed by atoms with Gasteiger partial charge in [0.1, 0.15) is 5.56 Å². The van der Waals surface area contributed by atoms with Crippen molar-refractivity contribution in [2.24, 2.45) is 0 Å². The Bertz CT molecular complexity index is 1090. The van der Waals surface area contributed by atoms with Crippen LogP contribution in [0.2, 0.25) is 0 Å². The molecule has 2 heterocycles. The molecule has 0 amide bonds. The summed E-state index contributed by atoms with van der Waals surface area (Å²) < 4.78 is 5.21. The lowest BCUT2D eigenvalue weighted by Gasteiger charge is -2.04. The second-order valence-electron chi connectivity index (χ2n) is 4.66. The molecule has 6 heteroatoms. The van der Waals surface area contributed by atoms with Gasteiger partial charge < -0.3 is 9.40 Å². The summed E-state index contributed by atoms with van der Waals surface area (Å²) in [6.45, 7) is 0. The molecule has 0 atom stereocenters. The topological polar surface area (TPSA) is 74.7 Å². The Morgan fingerprint density at radius 2 is 1.95 bits per heavy atom. The number of hydrogen-bond donors (Lipinski definition) is 2. The molecule has 2 N–H and O–H groups in total. The molecular weight excluding hydrogens is 286 g/mol. The Morgan fingerprint density at radius 1 is 1.10 bits per heavy atom. The Hall–Kier alpha value is -2.73. The molecule has 102 valence electrons. The van der Waals surface area contributed by atoms with Gasteiger partial charge in [-0.3, -0.25) is 4.79 Å². The van der Waals surface area contributed by atoms with E-state index in [2.05, 4.69) is 15.2 Å². The summed E-state index contributed by atoms with van der Waals surface area (Å²) >= 11 is 4.84. The summed E-state index contributed by atoms with van der Waals surface area (Å²) in [7, 11) is 0. The molecule has 0 aliphatic carbocycles. The third-order valence-electron chi connectivity index (χ3n) is 3.45. The fourth-order valence-electron chi connectivity index (χ4n) is 2.48. The van der Waals surface area contributed by atoms with E-state index in [1.165, 1.54) is 0 Å². The van der Waals surface area contributed by atoms with Crippen molar-refractivity contribution in [2.75, 3.05) is 0 Å². The molecule has 0 spiro atoms. The highest BCUT2D eigenvalue weighted by molar-refractivity contribution is 7.71. The molecule has 2 aromatic carbocycles. The van der Waals surface area contributed by atoms with Crippen LogP contribution in [0.3, 0.4) is 0 Å². The highest BCUT2D eigenvalue weighted by atomic mass is 32.1. The van der Waals surface area contributed by atoms with Gasteiger partial charge >= 0.3 is 0 Å². The first-order valence-corrected chi connectivity index (χ1v) is 6.74. The quantitative estimate of drug-likeness (QED) is 0.417. The van der Waals surface area contributed by atoms with Crippen molar-refractivity contribution >= 4 is 33.9 Å². The van der Waals surface area contributed by atoms with Crippen LogP contribution in [-0.2, 0) is 0 Å². The second kappa shape index (κ2) is 4.39. The average Bonchev–Trinajstić information content (AvgIpc) is 2.94. The fourth-order valence-corrected chi connectivity index (χ4v) is 2.60. The number of aromatic amines is 2. The minimum Gasteiger partial charge on any atom is -0.409 e. The number of aromatic nitrogens is 3. The first kappa shape index (κ1) is 12.0. The third-order valence-corrected chi connectivity index (χ3v) is 3.62. The minimum atomic E-state index is -0.139. The highest BCUT2D eigenvalue weighted by Crippen LogP contribution is 2.23. The van der Waals surface area contributed by atoms with E-state index in [0.717, 1.165) is 16.3 Å². The SMILES string of the molecule is O=c1c(-c2n[nH]c(=S)o2)c[nH]c2c1ccc1ccccc12. The summed E-state index contributed by atoms with van der Waals surface area (Å²) in [6, 6.07) is 11.6. The number of pyridine rings is 1. The smallest absolute Gasteiger partial charge is 0.284 e. The van der Waals surface area contributed by atoms with Gasteiger partial charge in [0, 0.05) is 17.0 Å². The molecule has 2 aromatic heterocycles. The van der Waals surface area contributed by atoms with Crippen LogP contribution in [0, 0.1) is 4.84 Å². The van der Waals surface area contributed by atoms with Gasteiger partial charge in [-0.25, -0.2) is 5.10 Å². The summed E-state index contributed by atoms with van der Waals surface area (Å²) in [5, 5.41) is 9.09. The molecule has 0 aliphatic rings. The van der Waals surface area contributed by atoms with Crippen molar-refractivity contribution in [1.29, 1.82) is 0 Å². The molecule has 0 radical (unpaired) electrons. The van der Waals surface area contributed by atoms with Crippen LogP contribution < -0.4 is 5.43 Å². The zero-order valence-corrected chi connectivity index (χ0v) is 11.5. The standard InChI is InChI=1S/C15H9N3O2S/c19-13-10-6-5-8-3-1-2-4-9(8)12(10)16-7-11(13)14-17-18-15(21)20-14/h1-7H,(H,16,19)(H,18,21). The molecule has 0 unspecified atom stereocenters. The van der Waals surface area contributed by atoms with Gasteiger partial charge in [-0.15, -0.1) is 5.10 Å². The molecule has 5 nitrogen and oxygen atoms in total. The van der Waals surface area contributed by atoms with E-state index in [0.29, 0.717) is 10.9 Å². The van der Waals surface area contributed by atoms with E-state index < -0.39 is 0 Å². The maximum Gasteiger partial charge on any atom is 0.284 e. The number of rotatable bonds is 1. The summed E-state index contributed by atoms with van der Waals surface area (Å²) in [5.74, 6) is 0.191. The van der Waals surface area contributed by atoms with Crippen molar-refractivity contribution in [3.05, 3.63) is 57.7 Å². The predicted octanol–water partition coefficient (Wildman–Crippen LogP) is 3.39. The van der Waals surface area contributed by atoms with Crippen molar-refractivity contribution in [2.45, 2.75) is 0 Å². The van der Waals surface area contributed by atoms with Gasteiger partial charge in [0.05, 0.1) is 5.52 Å². The zero-order valence-electron chi connectivity index (χ0n) is 10.7. The van der Waals surface area contributed by atoms with Gasteiger partial charge in [0.2, 0.25) is 5.43 Å². The Kier molecular flexibility index (Phi) is 2.52. The van der Waals surface area contributed by atoms with Crippen molar-refractivity contribution in [3.8, 4) is 11.5 Å². The molecule has 0 aliphatic heterocycles. The van der Waals surface area contributed by atoms with E-state index in [9.17, 15) is 4.79 Å².